The summed E-state index contributed by atoms with van der Waals surface area (Å²) in [6.07, 6.45) is 1.82. The predicted molar refractivity (Wildman–Crippen MR) is 131 cm³/mol. The number of fused-ring (bicyclic) bond motifs is 1. The molecule has 0 radical (unpaired) electrons. The smallest absolute Gasteiger partial charge is 0.405 e. The second-order valence-electron chi connectivity index (χ2n) is 10.5. The van der Waals surface area contributed by atoms with Crippen LogP contribution in [0.4, 0.5) is 14.9 Å². The lowest BCUT2D eigenvalue weighted by Crippen LogP contribution is -2.81. The van der Waals surface area contributed by atoms with Crippen molar-refractivity contribution in [3.63, 3.8) is 0 Å². The number of pyridine rings is 1. The van der Waals surface area contributed by atoms with Gasteiger partial charge in [0.2, 0.25) is 0 Å². The number of carbonyl (C=O) groups is 2. The van der Waals surface area contributed by atoms with E-state index in [1.165, 1.54) is 26.2 Å². The van der Waals surface area contributed by atoms with Crippen molar-refractivity contribution in [2.24, 2.45) is 0 Å². The molecule has 5 N–H and O–H groups in total. The van der Waals surface area contributed by atoms with Crippen LogP contribution < -0.4 is 16.0 Å². The van der Waals surface area contributed by atoms with E-state index in [-0.39, 0.29) is 17.6 Å². The molecule has 3 saturated carbocycles. The number of hydrogen-bond acceptors (Lipinski definition) is 7. The monoisotopic (exact) mass is 507 g/mol. The molecule has 12 heteroatoms. The number of anilines is 1. The average Bonchev–Trinajstić information content (AvgIpc) is 3.22. The van der Waals surface area contributed by atoms with E-state index in [9.17, 15) is 19.1 Å². The second kappa shape index (κ2) is 8.41. The van der Waals surface area contributed by atoms with Crippen molar-refractivity contribution < 1.29 is 24.2 Å². The molecule has 3 aliphatic carbocycles. The van der Waals surface area contributed by atoms with Gasteiger partial charge in [0.1, 0.15) is 12.2 Å². The number of alkyl halides is 1. The summed E-state index contributed by atoms with van der Waals surface area (Å²) in [5.41, 5.74) is 0.507. The number of nitrogens with zero attached hydrogens (tertiary/aromatic N) is 4. The lowest BCUT2D eigenvalue weighted by atomic mass is 9.44. The third-order valence-corrected chi connectivity index (χ3v) is 7.05. The number of rotatable bonds is 8. The summed E-state index contributed by atoms with van der Waals surface area (Å²) in [5, 5.41) is 40.9. The van der Waals surface area contributed by atoms with Gasteiger partial charge in [0, 0.05) is 11.7 Å². The van der Waals surface area contributed by atoms with Gasteiger partial charge in [0.25, 0.3) is 5.91 Å². The maximum Gasteiger partial charge on any atom is 0.405 e. The van der Waals surface area contributed by atoms with Crippen LogP contribution in [0.25, 0.3) is 16.9 Å². The molecular formula is C25H26FN7O4. The highest BCUT2D eigenvalue weighted by molar-refractivity contribution is 6.00. The summed E-state index contributed by atoms with van der Waals surface area (Å²) in [7, 11) is 0. The lowest BCUT2D eigenvalue weighted by Gasteiger charge is -2.70. The SMILES string of the molecule is CC(C)(O)C(F)CNC(=O)c1cnc(-c2ccc3cc(C#N)cnn23)cc1NC12CC(NC(=O)O)(C1)C2. The predicted octanol–water partition coefficient (Wildman–Crippen LogP) is 2.46. The molecule has 3 aliphatic rings. The van der Waals surface area contributed by atoms with E-state index in [0.29, 0.717) is 47.4 Å². The molecule has 1 atom stereocenters. The molecule has 2 bridgehead atoms. The van der Waals surface area contributed by atoms with E-state index >= 15 is 0 Å². The van der Waals surface area contributed by atoms with Gasteiger partial charge in [-0.1, -0.05) is 0 Å². The molecule has 3 aromatic heterocycles. The summed E-state index contributed by atoms with van der Waals surface area (Å²) in [6, 6.07) is 9.07. The third-order valence-electron chi connectivity index (χ3n) is 7.05. The van der Waals surface area contributed by atoms with Gasteiger partial charge in [-0.3, -0.25) is 9.78 Å². The quantitative estimate of drug-likeness (QED) is 0.310. The highest BCUT2D eigenvalue weighted by atomic mass is 19.1. The second-order valence-corrected chi connectivity index (χ2v) is 10.5. The molecule has 11 nitrogen and oxygen atoms in total. The first kappa shape index (κ1) is 24.5. The van der Waals surface area contributed by atoms with E-state index in [4.69, 9.17) is 10.4 Å². The normalized spacial score (nSPS) is 22.8. The molecule has 0 aliphatic heterocycles. The Balaban J connectivity index is 1.44. The number of halogens is 1. The van der Waals surface area contributed by atoms with Gasteiger partial charge in [-0.2, -0.15) is 10.4 Å². The van der Waals surface area contributed by atoms with Gasteiger partial charge >= 0.3 is 6.09 Å². The number of carboxylic acid groups (broad SMARTS) is 1. The highest BCUT2D eigenvalue weighted by Gasteiger charge is 2.69. The Morgan fingerprint density at radius 1 is 1.24 bits per heavy atom. The van der Waals surface area contributed by atoms with E-state index < -0.39 is 29.3 Å². The molecule has 3 fully saturated rings. The fraction of sp³-hybridized carbons (Fsp3) is 0.400. The Hall–Kier alpha value is -4.24. The minimum absolute atomic E-state index is 0.192. The summed E-state index contributed by atoms with van der Waals surface area (Å²) < 4.78 is 15.9. The van der Waals surface area contributed by atoms with Crippen LogP contribution in [0.15, 0.2) is 36.7 Å². The van der Waals surface area contributed by atoms with E-state index in [2.05, 4.69) is 32.1 Å². The molecular weight excluding hydrogens is 481 g/mol. The number of nitriles is 1. The molecule has 192 valence electrons. The van der Waals surface area contributed by atoms with Crippen LogP contribution in [-0.4, -0.2) is 66.2 Å². The van der Waals surface area contributed by atoms with Crippen LogP contribution >= 0.6 is 0 Å². The number of carbonyl (C=O) groups excluding carboxylic acids is 1. The van der Waals surface area contributed by atoms with Crippen molar-refractivity contribution >= 4 is 23.2 Å². The summed E-state index contributed by atoms with van der Waals surface area (Å²) in [4.78, 5) is 28.6. The van der Waals surface area contributed by atoms with Crippen LogP contribution in [0.5, 0.6) is 0 Å². The van der Waals surface area contributed by atoms with Crippen LogP contribution in [0.3, 0.4) is 0 Å². The molecule has 6 rings (SSSR count). The Morgan fingerprint density at radius 3 is 2.62 bits per heavy atom. The molecule has 1 unspecified atom stereocenters. The van der Waals surface area contributed by atoms with Gasteiger partial charge in [0.05, 0.1) is 57.6 Å². The number of aromatic nitrogens is 3. The van der Waals surface area contributed by atoms with Crippen molar-refractivity contribution in [3.05, 3.63) is 47.8 Å². The van der Waals surface area contributed by atoms with Gasteiger partial charge in [-0.25, -0.2) is 13.7 Å². The first-order chi connectivity index (χ1) is 17.4. The van der Waals surface area contributed by atoms with E-state index in [1.807, 2.05) is 0 Å². The highest BCUT2D eigenvalue weighted by Crippen LogP contribution is 2.62. The molecule has 2 amide bonds. The largest absolute Gasteiger partial charge is 0.465 e. The average molecular weight is 508 g/mol. The molecule has 37 heavy (non-hydrogen) atoms. The molecule has 0 aromatic carbocycles. The number of hydrogen-bond donors (Lipinski definition) is 5. The Bertz CT molecular complexity index is 1440. The minimum Gasteiger partial charge on any atom is -0.465 e. The molecule has 0 spiro atoms. The number of aliphatic hydroxyl groups is 1. The fourth-order valence-corrected chi connectivity index (χ4v) is 5.23. The lowest BCUT2D eigenvalue weighted by molar-refractivity contribution is -0.0572. The van der Waals surface area contributed by atoms with Gasteiger partial charge < -0.3 is 26.2 Å². The summed E-state index contributed by atoms with van der Waals surface area (Å²) >= 11 is 0. The summed E-state index contributed by atoms with van der Waals surface area (Å²) in [5.74, 6) is -0.560. The van der Waals surface area contributed by atoms with Crippen molar-refractivity contribution in [1.29, 1.82) is 5.26 Å². The first-order valence-corrected chi connectivity index (χ1v) is 11.7. The van der Waals surface area contributed by atoms with E-state index in [0.717, 1.165) is 0 Å². The van der Waals surface area contributed by atoms with Crippen LogP contribution in [0.1, 0.15) is 49.0 Å². The maximum absolute atomic E-state index is 14.2. The van der Waals surface area contributed by atoms with Gasteiger partial charge in [0.15, 0.2) is 0 Å². The Kier molecular flexibility index (Phi) is 5.56. The van der Waals surface area contributed by atoms with Crippen molar-refractivity contribution in [3.8, 4) is 17.5 Å². The Morgan fingerprint density at radius 2 is 1.97 bits per heavy atom. The standard InChI is InChI=1S/C25H26FN7O4/c1-23(2,37)20(26)10-29-21(34)16-9-28-18(19-4-3-15-5-14(7-27)8-30-33(15)19)6-17(16)31-24-11-25(12-24,13-24)32-22(35)36/h3-6,8-9,20,32,37H,10-13H2,1-2H3,(H,28,31)(H,29,34)(H,35,36). The fourth-order valence-electron chi connectivity index (χ4n) is 5.23. The van der Waals surface area contributed by atoms with Crippen LogP contribution in [0, 0.1) is 11.3 Å². The number of nitrogens with one attached hydrogen (secondary N) is 3. The Labute approximate surface area is 211 Å². The number of amides is 2. The van der Waals surface area contributed by atoms with Crippen molar-refractivity contribution in [2.75, 3.05) is 11.9 Å². The zero-order valence-corrected chi connectivity index (χ0v) is 20.2. The van der Waals surface area contributed by atoms with Crippen LogP contribution in [-0.2, 0) is 0 Å². The van der Waals surface area contributed by atoms with Crippen molar-refractivity contribution in [1.82, 2.24) is 25.2 Å². The first-order valence-electron chi connectivity index (χ1n) is 11.7. The zero-order chi connectivity index (χ0) is 26.6. The zero-order valence-electron chi connectivity index (χ0n) is 20.2. The summed E-state index contributed by atoms with van der Waals surface area (Å²) in [6.45, 7) is 2.27. The van der Waals surface area contributed by atoms with E-state index in [1.54, 1.807) is 28.8 Å². The third kappa shape index (κ3) is 4.42. The van der Waals surface area contributed by atoms with Gasteiger partial charge in [-0.15, -0.1) is 0 Å². The molecule has 3 heterocycles. The molecule has 3 aromatic rings. The van der Waals surface area contributed by atoms with Gasteiger partial charge in [-0.05, 0) is 57.4 Å². The maximum atomic E-state index is 14.2. The van der Waals surface area contributed by atoms with Crippen molar-refractivity contribution in [2.45, 2.75) is 56.0 Å². The topological polar surface area (TPSA) is 165 Å². The molecule has 0 saturated heterocycles. The van der Waals surface area contributed by atoms with Crippen LogP contribution in [0.2, 0.25) is 0 Å². The minimum atomic E-state index is -1.67.